The molecule has 0 aliphatic carbocycles. The van der Waals surface area contributed by atoms with Gasteiger partial charge in [-0.05, 0) is 36.8 Å². The summed E-state index contributed by atoms with van der Waals surface area (Å²) in [6.45, 7) is 2.70. The van der Waals surface area contributed by atoms with Crippen molar-refractivity contribution in [2.45, 2.75) is 24.7 Å². The lowest BCUT2D eigenvalue weighted by Crippen LogP contribution is -2.31. The lowest BCUT2D eigenvalue weighted by atomic mass is 10.1. The second-order valence-corrected chi connectivity index (χ2v) is 8.84. The summed E-state index contributed by atoms with van der Waals surface area (Å²) in [7, 11) is -3.59. The van der Waals surface area contributed by atoms with Crippen LogP contribution in [0.5, 0.6) is 11.5 Å². The number of carbonyl (C=O) groups excluding carboxylic acids is 1. The van der Waals surface area contributed by atoms with Gasteiger partial charge in [-0.3, -0.25) is 4.79 Å². The monoisotopic (exact) mass is 415 g/mol. The number of nitrogens with zero attached hydrogens (tertiary/aromatic N) is 2. The van der Waals surface area contributed by atoms with E-state index in [0.29, 0.717) is 35.7 Å². The number of aromatic nitrogens is 2. The molecule has 0 unspecified atom stereocenters. The Kier molecular flexibility index (Phi) is 4.91. The van der Waals surface area contributed by atoms with Gasteiger partial charge in [0.05, 0.1) is 17.1 Å². The van der Waals surface area contributed by atoms with Crippen LogP contribution in [0.3, 0.4) is 0 Å². The van der Waals surface area contributed by atoms with Gasteiger partial charge in [-0.25, -0.2) is 13.4 Å². The van der Waals surface area contributed by atoms with E-state index >= 15 is 0 Å². The predicted molar refractivity (Wildman–Crippen MR) is 107 cm³/mol. The highest BCUT2D eigenvalue weighted by atomic mass is 32.2. The second kappa shape index (κ2) is 7.40. The molecule has 29 heavy (non-hydrogen) atoms. The van der Waals surface area contributed by atoms with Crippen LogP contribution in [0.15, 0.2) is 47.6 Å². The highest BCUT2D eigenvalue weighted by molar-refractivity contribution is 7.90. The fourth-order valence-electron chi connectivity index (χ4n) is 3.33. The first-order valence-electron chi connectivity index (χ1n) is 9.17. The van der Waals surface area contributed by atoms with Crippen molar-refractivity contribution in [3.05, 3.63) is 48.0 Å². The van der Waals surface area contributed by atoms with E-state index in [0.717, 1.165) is 11.8 Å². The molecule has 2 aromatic carbocycles. The third-order valence-corrected chi connectivity index (χ3v) is 5.67. The molecule has 1 aromatic heterocycles. The molecule has 9 heteroatoms. The van der Waals surface area contributed by atoms with Crippen molar-refractivity contribution in [2.24, 2.45) is 0 Å². The predicted octanol–water partition coefficient (Wildman–Crippen LogP) is 2.09. The molecule has 0 spiro atoms. The van der Waals surface area contributed by atoms with Crippen LogP contribution in [0.2, 0.25) is 0 Å². The summed E-state index contributed by atoms with van der Waals surface area (Å²) < 4.78 is 36.8. The standard InChI is InChI=1S/C20H21N3O5S/c1-13(14-7-8-17-18(11-14)28-10-9-27-17)21-19(24)12-23-16-6-4-3-5-15(16)22-20(23)29(2,25)26/h3-8,11,13H,9-10,12H2,1-2H3,(H,21,24)/t13-/m0/s1. The minimum absolute atomic E-state index is 0.124. The number of nitrogens with one attached hydrogen (secondary N) is 1. The van der Waals surface area contributed by atoms with Crippen LogP contribution in [-0.2, 0) is 21.2 Å². The quantitative estimate of drug-likeness (QED) is 0.685. The van der Waals surface area contributed by atoms with Crippen LogP contribution in [0.25, 0.3) is 11.0 Å². The smallest absolute Gasteiger partial charge is 0.240 e. The first-order chi connectivity index (χ1) is 13.8. The Morgan fingerprint density at radius 1 is 1.17 bits per heavy atom. The molecule has 1 N–H and O–H groups in total. The van der Waals surface area contributed by atoms with Crippen molar-refractivity contribution in [3.63, 3.8) is 0 Å². The molecule has 0 saturated carbocycles. The third-order valence-electron chi connectivity index (χ3n) is 4.70. The van der Waals surface area contributed by atoms with E-state index in [9.17, 15) is 13.2 Å². The van der Waals surface area contributed by atoms with Crippen LogP contribution in [-0.4, -0.2) is 43.3 Å². The van der Waals surface area contributed by atoms with Crippen LogP contribution in [0, 0.1) is 0 Å². The van der Waals surface area contributed by atoms with E-state index in [1.54, 1.807) is 24.3 Å². The van der Waals surface area contributed by atoms with Crippen molar-refractivity contribution in [3.8, 4) is 11.5 Å². The summed E-state index contributed by atoms with van der Waals surface area (Å²) in [4.78, 5) is 16.9. The van der Waals surface area contributed by atoms with Crippen molar-refractivity contribution < 1.29 is 22.7 Å². The van der Waals surface area contributed by atoms with Crippen LogP contribution in [0.4, 0.5) is 0 Å². The minimum Gasteiger partial charge on any atom is -0.486 e. The molecule has 4 rings (SSSR count). The molecule has 0 radical (unpaired) electrons. The Morgan fingerprint density at radius 3 is 2.66 bits per heavy atom. The number of hydrogen-bond acceptors (Lipinski definition) is 6. The zero-order valence-corrected chi connectivity index (χ0v) is 16.9. The summed E-state index contributed by atoms with van der Waals surface area (Å²) in [6.07, 6.45) is 1.08. The van der Waals surface area contributed by atoms with Gasteiger partial charge in [0.2, 0.25) is 20.9 Å². The van der Waals surface area contributed by atoms with Gasteiger partial charge in [0, 0.05) is 6.26 Å². The van der Waals surface area contributed by atoms with E-state index in [1.807, 2.05) is 25.1 Å². The molecule has 1 atom stereocenters. The molecule has 3 aromatic rings. The Balaban J connectivity index is 1.56. The van der Waals surface area contributed by atoms with Gasteiger partial charge in [-0.15, -0.1) is 0 Å². The molecule has 8 nitrogen and oxygen atoms in total. The molecule has 0 bridgehead atoms. The third kappa shape index (κ3) is 3.91. The molecule has 2 heterocycles. The van der Waals surface area contributed by atoms with E-state index in [-0.39, 0.29) is 23.7 Å². The summed E-state index contributed by atoms with van der Waals surface area (Å²) >= 11 is 0. The fourth-order valence-corrected chi connectivity index (χ4v) is 4.16. The average Bonchev–Trinajstić information content (AvgIpc) is 3.06. The fraction of sp³-hybridized carbons (Fsp3) is 0.300. The number of fused-ring (bicyclic) bond motifs is 2. The normalized spacial score (nSPS) is 14.6. The largest absolute Gasteiger partial charge is 0.486 e. The summed E-state index contributed by atoms with van der Waals surface area (Å²) in [5.74, 6) is 1.01. The van der Waals surface area contributed by atoms with E-state index in [1.165, 1.54) is 4.57 Å². The molecule has 1 aliphatic rings. The van der Waals surface area contributed by atoms with Crippen molar-refractivity contribution in [1.82, 2.24) is 14.9 Å². The molecule has 1 aliphatic heterocycles. The first-order valence-corrected chi connectivity index (χ1v) is 11.1. The zero-order chi connectivity index (χ0) is 20.6. The maximum Gasteiger partial charge on any atom is 0.240 e. The summed E-state index contributed by atoms with van der Waals surface area (Å²) in [5.41, 5.74) is 1.98. The Morgan fingerprint density at radius 2 is 1.90 bits per heavy atom. The van der Waals surface area contributed by atoms with Crippen LogP contribution < -0.4 is 14.8 Å². The van der Waals surface area contributed by atoms with Gasteiger partial charge >= 0.3 is 0 Å². The van der Waals surface area contributed by atoms with Crippen molar-refractivity contribution in [2.75, 3.05) is 19.5 Å². The lowest BCUT2D eigenvalue weighted by molar-refractivity contribution is -0.122. The van der Waals surface area contributed by atoms with Crippen molar-refractivity contribution >= 4 is 26.8 Å². The lowest BCUT2D eigenvalue weighted by Gasteiger charge is -2.21. The highest BCUT2D eigenvalue weighted by Crippen LogP contribution is 2.32. The molecule has 1 amide bonds. The van der Waals surface area contributed by atoms with Crippen LogP contribution >= 0.6 is 0 Å². The Hall–Kier alpha value is -3.07. The van der Waals surface area contributed by atoms with Crippen LogP contribution in [0.1, 0.15) is 18.5 Å². The van der Waals surface area contributed by atoms with E-state index in [2.05, 4.69) is 10.3 Å². The number of sulfone groups is 1. The number of amides is 1. The number of benzene rings is 2. The van der Waals surface area contributed by atoms with Gasteiger partial charge in [-0.2, -0.15) is 0 Å². The first kappa shape index (κ1) is 19.3. The zero-order valence-electron chi connectivity index (χ0n) is 16.1. The molecule has 0 fully saturated rings. The van der Waals surface area contributed by atoms with Gasteiger partial charge in [0.25, 0.3) is 0 Å². The number of rotatable bonds is 5. The topological polar surface area (TPSA) is 99.5 Å². The number of imidazole rings is 1. The SMILES string of the molecule is C[C@H](NC(=O)Cn1c(S(C)(=O)=O)nc2ccccc21)c1ccc2c(c1)OCCO2. The number of para-hydroxylation sites is 2. The second-order valence-electron chi connectivity index (χ2n) is 6.93. The Labute approximate surface area is 168 Å². The molecular weight excluding hydrogens is 394 g/mol. The van der Waals surface area contributed by atoms with Crippen molar-refractivity contribution in [1.29, 1.82) is 0 Å². The molecular formula is C20H21N3O5S. The maximum absolute atomic E-state index is 12.7. The van der Waals surface area contributed by atoms with E-state index < -0.39 is 9.84 Å². The summed E-state index contributed by atoms with van der Waals surface area (Å²) in [5, 5.41) is 2.78. The van der Waals surface area contributed by atoms with Gasteiger partial charge in [-0.1, -0.05) is 18.2 Å². The average molecular weight is 415 g/mol. The Bertz CT molecular complexity index is 1190. The molecule has 0 saturated heterocycles. The van der Waals surface area contributed by atoms with Gasteiger partial charge < -0.3 is 19.4 Å². The van der Waals surface area contributed by atoms with E-state index in [4.69, 9.17) is 9.47 Å². The number of hydrogen-bond donors (Lipinski definition) is 1. The highest BCUT2D eigenvalue weighted by Gasteiger charge is 2.22. The molecule has 152 valence electrons. The van der Waals surface area contributed by atoms with Gasteiger partial charge in [0.1, 0.15) is 19.8 Å². The van der Waals surface area contributed by atoms with Gasteiger partial charge in [0.15, 0.2) is 11.5 Å². The summed E-state index contributed by atoms with van der Waals surface area (Å²) in [6, 6.07) is 12.2. The minimum atomic E-state index is -3.59. The maximum atomic E-state index is 12.7. The number of carbonyl (C=O) groups is 1. The number of ether oxygens (including phenoxy) is 2.